The molecule has 1 aliphatic heterocycles. The highest BCUT2D eigenvalue weighted by Gasteiger charge is 2.26. The van der Waals surface area contributed by atoms with Crippen LogP contribution in [0.5, 0.6) is 5.75 Å². The molecule has 9 heteroatoms. The Hall–Kier alpha value is -3.85. The number of fused-ring (bicyclic) bond motifs is 2. The van der Waals surface area contributed by atoms with E-state index >= 15 is 0 Å². The number of aromatic nitrogens is 3. The molecule has 1 aliphatic rings. The van der Waals surface area contributed by atoms with E-state index in [-0.39, 0.29) is 23.9 Å². The van der Waals surface area contributed by atoms with Crippen molar-refractivity contribution < 1.29 is 14.3 Å². The topological polar surface area (TPSA) is 94.4 Å². The molecular formula is C23H18N4O4S. The van der Waals surface area contributed by atoms with E-state index in [0.717, 1.165) is 15.1 Å². The summed E-state index contributed by atoms with van der Waals surface area (Å²) in [6.07, 6.45) is 0. The molecule has 8 nitrogen and oxygen atoms in total. The Morgan fingerprint density at radius 3 is 2.69 bits per heavy atom. The number of hydrogen-bond donors (Lipinski definition) is 0. The number of ether oxygens (including phenoxy) is 1. The first-order chi connectivity index (χ1) is 15.4. The van der Waals surface area contributed by atoms with Crippen molar-refractivity contribution in [2.75, 3.05) is 18.6 Å². The van der Waals surface area contributed by atoms with Crippen molar-refractivity contribution in [1.82, 2.24) is 15.0 Å². The second kappa shape index (κ2) is 7.69. The Morgan fingerprint density at radius 1 is 1.12 bits per heavy atom. The predicted octanol–water partition coefficient (Wildman–Crippen LogP) is 3.32. The van der Waals surface area contributed by atoms with Crippen molar-refractivity contribution in [2.24, 2.45) is 0 Å². The second-order valence-electron chi connectivity index (χ2n) is 7.50. The van der Waals surface area contributed by atoms with Crippen molar-refractivity contribution in [3.8, 4) is 16.2 Å². The zero-order chi connectivity index (χ0) is 22.4. The van der Waals surface area contributed by atoms with Crippen LogP contribution in [-0.4, -0.2) is 40.3 Å². The van der Waals surface area contributed by atoms with Crippen LogP contribution < -0.4 is 15.2 Å². The van der Waals surface area contributed by atoms with Gasteiger partial charge in [0, 0.05) is 17.5 Å². The number of nitrogens with zero attached hydrogens (tertiary/aromatic N) is 4. The quantitative estimate of drug-likeness (QED) is 0.447. The molecular weight excluding hydrogens is 428 g/mol. The van der Waals surface area contributed by atoms with E-state index in [1.165, 1.54) is 16.2 Å². The summed E-state index contributed by atoms with van der Waals surface area (Å²) in [6.45, 7) is 1.57. The number of benzene rings is 2. The van der Waals surface area contributed by atoms with Crippen LogP contribution in [0.25, 0.3) is 20.7 Å². The molecule has 0 saturated carbocycles. The monoisotopic (exact) mass is 446 g/mol. The Bertz CT molecular complexity index is 1430. The summed E-state index contributed by atoms with van der Waals surface area (Å²) in [6, 6.07) is 15.5. The Labute approximate surface area is 186 Å². The van der Waals surface area contributed by atoms with Crippen LogP contribution >= 0.6 is 11.3 Å². The summed E-state index contributed by atoms with van der Waals surface area (Å²) >= 11 is 1.38. The van der Waals surface area contributed by atoms with E-state index in [2.05, 4.69) is 10.3 Å². The van der Waals surface area contributed by atoms with E-state index in [9.17, 15) is 14.4 Å². The molecule has 3 heterocycles. The van der Waals surface area contributed by atoms with Crippen molar-refractivity contribution in [3.63, 3.8) is 0 Å². The van der Waals surface area contributed by atoms with E-state index in [1.54, 1.807) is 38.2 Å². The summed E-state index contributed by atoms with van der Waals surface area (Å²) in [5.41, 5.74) is 1.48. The lowest BCUT2D eigenvalue weighted by atomic mass is 10.0. The van der Waals surface area contributed by atoms with Gasteiger partial charge in [-0.05, 0) is 36.8 Å². The van der Waals surface area contributed by atoms with Crippen LogP contribution in [0, 0.1) is 0 Å². The third-order valence-corrected chi connectivity index (χ3v) is 6.59. The lowest BCUT2D eigenvalue weighted by Crippen LogP contribution is -2.35. The summed E-state index contributed by atoms with van der Waals surface area (Å²) in [5, 5.41) is 8.64. The third-order valence-electron chi connectivity index (χ3n) is 5.52. The summed E-state index contributed by atoms with van der Waals surface area (Å²) in [4.78, 5) is 41.1. The first-order valence-electron chi connectivity index (χ1n) is 9.96. The molecule has 0 fully saturated rings. The normalized spacial score (nSPS) is 14.2. The van der Waals surface area contributed by atoms with Gasteiger partial charge in [0.15, 0.2) is 17.2 Å². The number of thiophene rings is 1. The molecule has 1 atom stereocenters. The van der Waals surface area contributed by atoms with Gasteiger partial charge in [-0.2, -0.15) is 4.68 Å². The number of ketones is 1. The number of Topliss-reactive ketones (excluding diaryl/α,β-unsaturated/α-hetero) is 1. The van der Waals surface area contributed by atoms with Gasteiger partial charge in [-0.25, -0.2) is 0 Å². The van der Waals surface area contributed by atoms with Crippen molar-refractivity contribution in [1.29, 1.82) is 0 Å². The van der Waals surface area contributed by atoms with E-state index in [1.807, 2.05) is 30.3 Å². The van der Waals surface area contributed by atoms with Gasteiger partial charge < -0.3 is 9.64 Å². The van der Waals surface area contributed by atoms with Crippen molar-refractivity contribution in [3.05, 3.63) is 70.5 Å². The Balaban J connectivity index is 1.50. The lowest BCUT2D eigenvalue weighted by molar-refractivity contribution is -0.120. The Morgan fingerprint density at radius 2 is 1.91 bits per heavy atom. The minimum Gasteiger partial charge on any atom is -0.482 e. The summed E-state index contributed by atoms with van der Waals surface area (Å²) in [7, 11) is 1.63. The second-order valence-corrected chi connectivity index (χ2v) is 8.53. The van der Waals surface area contributed by atoms with Crippen molar-refractivity contribution in [2.45, 2.75) is 13.0 Å². The maximum absolute atomic E-state index is 13.2. The molecule has 1 unspecified atom stereocenters. The van der Waals surface area contributed by atoms with E-state index < -0.39 is 6.04 Å². The molecule has 0 radical (unpaired) electrons. The SMILES string of the molecule is CC(C(=O)c1ccc2c(c1)N(C)C(=O)CO2)n1nnc2sc(-c3ccccc3)cc2c1=O. The molecule has 5 rings (SSSR count). The van der Waals surface area contributed by atoms with E-state index in [0.29, 0.717) is 27.2 Å². The minimum absolute atomic E-state index is 0.0379. The van der Waals surface area contributed by atoms with Crippen LogP contribution in [0.2, 0.25) is 0 Å². The smallest absolute Gasteiger partial charge is 0.279 e. The zero-order valence-electron chi connectivity index (χ0n) is 17.3. The molecule has 1 amide bonds. The molecule has 0 bridgehead atoms. The highest BCUT2D eigenvalue weighted by molar-refractivity contribution is 7.21. The standard InChI is InChI=1S/C23H18N4O4S/c1-13(21(29)15-8-9-18-17(10-15)26(2)20(28)12-31-18)27-23(30)16-11-19(32-22(16)24-25-27)14-6-4-3-5-7-14/h3-11,13H,12H2,1-2H3. The first-order valence-corrected chi connectivity index (χ1v) is 10.8. The summed E-state index contributed by atoms with van der Waals surface area (Å²) < 4.78 is 6.52. The van der Waals surface area contributed by atoms with Crippen LogP contribution in [-0.2, 0) is 4.79 Å². The molecule has 2 aromatic carbocycles. The minimum atomic E-state index is -0.872. The summed E-state index contributed by atoms with van der Waals surface area (Å²) in [5.74, 6) is 0.0178. The maximum atomic E-state index is 13.2. The number of rotatable bonds is 4. The molecule has 4 aromatic rings. The largest absolute Gasteiger partial charge is 0.482 e. The average molecular weight is 446 g/mol. The van der Waals surface area contributed by atoms with Gasteiger partial charge in [0.25, 0.3) is 11.5 Å². The first kappa shape index (κ1) is 20.1. The number of carbonyl (C=O) groups is 2. The van der Waals surface area contributed by atoms with E-state index in [4.69, 9.17) is 4.74 Å². The number of carbonyl (C=O) groups excluding carboxylic acids is 2. The van der Waals surface area contributed by atoms with Gasteiger partial charge in [-0.1, -0.05) is 35.5 Å². The predicted molar refractivity (Wildman–Crippen MR) is 121 cm³/mol. The molecule has 0 N–H and O–H groups in total. The third kappa shape index (κ3) is 3.27. The fourth-order valence-corrected chi connectivity index (χ4v) is 4.61. The fourth-order valence-electron chi connectivity index (χ4n) is 3.64. The molecule has 160 valence electrons. The van der Waals surface area contributed by atoms with Crippen LogP contribution in [0.15, 0.2) is 59.4 Å². The number of hydrogen-bond acceptors (Lipinski definition) is 7. The molecule has 2 aromatic heterocycles. The van der Waals surface area contributed by atoms with Crippen LogP contribution in [0.1, 0.15) is 23.3 Å². The van der Waals surface area contributed by atoms with Gasteiger partial charge in [0.05, 0.1) is 11.1 Å². The number of likely N-dealkylation sites (N-methyl/N-ethyl adjacent to an activating group) is 1. The van der Waals surface area contributed by atoms with Crippen LogP contribution in [0.4, 0.5) is 5.69 Å². The number of anilines is 1. The lowest BCUT2D eigenvalue weighted by Gasteiger charge is -2.26. The molecule has 0 saturated heterocycles. The molecule has 0 aliphatic carbocycles. The van der Waals surface area contributed by atoms with Gasteiger partial charge >= 0.3 is 0 Å². The highest BCUT2D eigenvalue weighted by Crippen LogP contribution is 2.33. The average Bonchev–Trinajstić information content (AvgIpc) is 3.27. The van der Waals surface area contributed by atoms with Crippen LogP contribution in [0.3, 0.4) is 0 Å². The molecule has 0 spiro atoms. The fraction of sp³-hybridized carbons (Fsp3) is 0.174. The Kier molecular flexibility index (Phi) is 4.82. The molecule has 32 heavy (non-hydrogen) atoms. The van der Waals surface area contributed by atoms with Gasteiger partial charge in [0.1, 0.15) is 11.8 Å². The maximum Gasteiger partial charge on any atom is 0.279 e. The highest BCUT2D eigenvalue weighted by atomic mass is 32.1. The van der Waals surface area contributed by atoms with Crippen molar-refractivity contribution >= 4 is 38.9 Å². The van der Waals surface area contributed by atoms with Gasteiger partial charge in [-0.3, -0.25) is 14.4 Å². The van der Waals surface area contributed by atoms with Gasteiger partial charge in [-0.15, -0.1) is 16.4 Å². The zero-order valence-corrected chi connectivity index (χ0v) is 18.1. The van der Waals surface area contributed by atoms with Gasteiger partial charge in [0.2, 0.25) is 0 Å². The number of amides is 1.